The molecule has 2 atom stereocenters. The van der Waals surface area contributed by atoms with Gasteiger partial charge in [-0.3, -0.25) is 4.79 Å². The number of carbonyl (C=O) groups excluding carboxylic acids is 1. The van der Waals surface area contributed by atoms with Gasteiger partial charge in [-0.25, -0.2) is 4.79 Å². The number of aliphatic carboxylic acids is 1. The van der Waals surface area contributed by atoms with Crippen LogP contribution >= 0.6 is 0 Å². The molecule has 6 heteroatoms. The van der Waals surface area contributed by atoms with Crippen molar-refractivity contribution in [3.63, 3.8) is 0 Å². The second-order valence-electron chi connectivity index (χ2n) is 5.56. The van der Waals surface area contributed by atoms with Gasteiger partial charge in [0.1, 0.15) is 0 Å². The van der Waals surface area contributed by atoms with E-state index >= 15 is 0 Å². The van der Waals surface area contributed by atoms with Gasteiger partial charge in [-0.1, -0.05) is 32.6 Å². The molecule has 21 heavy (non-hydrogen) atoms. The molecule has 122 valence electrons. The predicted octanol–water partition coefficient (Wildman–Crippen LogP) is 2.14. The smallest absolute Gasteiger partial charge is 0.315 e. The Kier molecular flexibility index (Phi) is 8.82. The minimum atomic E-state index is -0.815. The molecule has 0 bridgehead atoms. The summed E-state index contributed by atoms with van der Waals surface area (Å²) in [6.07, 6.45) is 6.41. The molecule has 1 fully saturated rings. The summed E-state index contributed by atoms with van der Waals surface area (Å²) in [5.41, 5.74) is 0. The average Bonchev–Trinajstić information content (AvgIpc) is 2.68. The molecule has 0 heterocycles. The molecule has 0 saturated heterocycles. The van der Waals surface area contributed by atoms with Gasteiger partial charge in [-0.15, -0.1) is 0 Å². The lowest BCUT2D eigenvalue weighted by atomic mass is 9.95. The summed E-state index contributed by atoms with van der Waals surface area (Å²) in [6, 6.07) is -0.571. The van der Waals surface area contributed by atoms with Crippen LogP contribution in [-0.2, 0) is 9.53 Å². The lowest BCUT2D eigenvalue weighted by Crippen LogP contribution is -2.47. The van der Waals surface area contributed by atoms with Crippen molar-refractivity contribution in [1.29, 1.82) is 0 Å². The summed E-state index contributed by atoms with van der Waals surface area (Å²) in [5.74, 6) is -1.29. The molecule has 1 saturated carbocycles. The predicted molar refractivity (Wildman–Crippen MR) is 80.3 cm³/mol. The third-order valence-electron chi connectivity index (χ3n) is 3.82. The number of carbonyl (C=O) groups is 2. The minimum Gasteiger partial charge on any atom is -0.481 e. The van der Waals surface area contributed by atoms with E-state index < -0.39 is 11.9 Å². The van der Waals surface area contributed by atoms with Crippen LogP contribution in [0.25, 0.3) is 0 Å². The summed E-state index contributed by atoms with van der Waals surface area (Å²) in [4.78, 5) is 23.1. The molecule has 6 nitrogen and oxygen atoms in total. The van der Waals surface area contributed by atoms with Crippen molar-refractivity contribution >= 4 is 12.0 Å². The summed E-state index contributed by atoms with van der Waals surface area (Å²) in [6.45, 7) is 3.74. The first kappa shape index (κ1) is 17.8. The molecule has 0 aromatic heterocycles. The first-order valence-corrected chi connectivity index (χ1v) is 8.00. The Bertz CT molecular complexity index is 323. The van der Waals surface area contributed by atoms with Crippen LogP contribution in [0.4, 0.5) is 4.79 Å². The molecular weight excluding hydrogens is 272 g/mol. The monoisotopic (exact) mass is 300 g/mol. The van der Waals surface area contributed by atoms with Crippen LogP contribution in [0.2, 0.25) is 0 Å². The quantitative estimate of drug-likeness (QED) is 0.473. The van der Waals surface area contributed by atoms with Crippen LogP contribution in [0.5, 0.6) is 0 Å². The Morgan fingerprint density at radius 3 is 2.67 bits per heavy atom. The Hall–Kier alpha value is -1.30. The van der Waals surface area contributed by atoms with Gasteiger partial charge < -0.3 is 20.5 Å². The van der Waals surface area contributed by atoms with E-state index in [0.717, 1.165) is 38.5 Å². The second kappa shape index (κ2) is 10.4. The van der Waals surface area contributed by atoms with Crippen molar-refractivity contribution in [2.45, 2.75) is 57.9 Å². The van der Waals surface area contributed by atoms with E-state index in [0.29, 0.717) is 26.2 Å². The molecule has 0 aromatic carbocycles. The van der Waals surface area contributed by atoms with Crippen molar-refractivity contribution in [2.24, 2.45) is 5.92 Å². The third kappa shape index (κ3) is 7.32. The molecule has 0 aliphatic heterocycles. The van der Waals surface area contributed by atoms with Crippen molar-refractivity contribution in [2.75, 3.05) is 19.8 Å². The SMILES string of the molecule is CCCCOCCNC(=O)NC1CCCCCC1C(=O)O. The zero-order valence-corrected chi connectivity index (χ0v) is 12.9. The average molecular weight is 300 g/mol. The molecule has 1 rings (SSSR count). The lowest BCUT2D eigenvalue weighted by molar-refractivity contribution is -0.142. The van der Waals surface area contributed by atoms with Gasteiger partial charge in [0, 0.05) is 19.2 Å². The highest BCUT2D eigenvalue weighted by atomic mass is 16.5. The van der Waals surface area contributed by atoms with E-state index in [-0.39, 0.29) is 12.1 Å². The largest absolute Gasteiger partial charge is 0.481 e. The van der Waals surface area contributed by atoms with Crippen molar-refractivity contribution in [3.05, 3.63) is 0 Å². The summed E-state index contributed by atoms with van der Waals surface area (Å²) >= 11 is 0. The van der Waals surface area contributed by atoms with Crippen molar-refractivity contribution < 1.29 is 19.4 Å². The van der Waals surface area contributed by atoms with Crippen molar-refractivity contribution in [3.8, 4) is 0 Å². The van der Waals surface area contributed by atoms with Crippen LogP contribution in [0.15, 0.2) is 0 Å². The van der Waals surface area contributed by atoms with Crippen molar-refractivity contribution in [1.82, 2.24) is 10.6 Å². The fraction of sp³-hybridized carbons (Fsp3) is 0.867. The number of nitrogens with one attached hydrogen (secondary N) is 2. The number of carboxylic acids is 1. The highest BCUT2D eigenvalue weighted by Gasteiger charge is 2.30. The molecular formula is C15H28N2O4. The number of hydrogen-bond acceptors (Lipinski definition) is 3. The zero-order valence-electron chi connectivity index (χ0n) is 12.9. The van der Waals surface area contributed by atoms with Gasteiger partial charge in [0.2, 0.25) is 0 Å². The topological polar surface area (TPSA) is 87.7 Å². The standard InChI is InChI=1S/C15H28N2O4/c1-2-3-10-21-11-9-16-15(20)17-13-8-6-4-5-7-12(13)14(18)19/h12-13H,2-11H2,1H3,(H,18,19)(H2,16,17,20). The maximum Gasteiger partial charge on any atom is 0.315 e. The number of unbranched alkanes of at least 4 members (excludes halogenated alkanes) is 1. The highest BCUT2D eigenvalue weighted by Crippen LogP contribution is 2.23. The minimum absolute atomic E-state index is 0.272. The van der Waals surface area contributed by atoms with E-state index in [2.05, 4.69) is 17.6 Å². The van der Waals surface area contributed by atoms with Crippen LogP contribution < -0.4 is 10.6 Å². The number of rotatable bonds is 8. The van der Waals surface area contributed by atoms with E-state index in [1.54, 1.807) is 0 Å². The number of amides is 2. The first-order chi connectivity index (χ1) is 10.1. The summed E-state index contributed by atoms with van der Waals surface area (Å²) in [7, 11) is 0. The van der Waals surface area contributed by atoms with Gasteiger partial charge in [0.05, 0.1) is 12.5 Å². The van der Waals surface area contributed by atoms with Crippen LogP contribution in [0, 0.1) is 5.92 Å². The summed E-state index contributed by atoms with van der Waals surface area (Å²) in [5, 5.41) is 14.8. The van der Waals surface area contributed by atoms with Gasteiger partial charge in [-0.2, -0.15) is 0 Å². The lowest BCUT2D eigenvalue weighted by Gasteiger charge is -2.23. The van der Waals surface area contributed by atoms with E-state index in [1.165, 1.54) is 0 Å². The number of hydrogen-bond donors (Lipinski definition) is 3. The van der Waals surface area contributed by atoms with Crippen LogP contribution in [0.3, 0.4) is 0 Å². The van der Waals surface area contributed by atoms with E-state index in [9.17, 15) is 14.7 Å². The van der Waals surface area contributed by atoms with Gasteiger partial charge in [0.25, 0.3) is 0 Å². The van der Waals surface area contributed by atoms with Gasteiger partial charge in [0.15, 0.2) is 0 Å². The maximum atomic E-state index is 11.8. The second-order valence-corrected chi connectivity index (χ2v) is 5.56. The number of carboxylic acid groups (broad SMARTS) is 1. The van der Waals surface area contributed by atoms with Crippen LogP contribution in [0.1, 0.15) is 51.9 Å². The van der Waals surface area contributed by atoms with Crippen LogP contribution in [-0.4, -0.2) is 42.9 Å². The molecule has 3 N–H and O–H groups in total. The molecule has 1 aliphatic rings. The number of ether oxygens (including phenoxy) is 1. The molecule has 2 unspecified atom stereocenters. The fourth-order valence-corrected chi connectivity index (χ4v) is 2.58. The third-order valence-corrected chi connectivity index (χ3v) is 3.82. The highest BCUT2D eigenvalue weighted by molar-refractivity contribution is 5.76. The number of urea groups is 1. The normalized spacial score (nSPS) is 22.3. The maximum absolute atomic E-state index is 11.8. The Morgan fingerprint density at radius 1 is 1.19 bits per heavy atom. The molecule has 1 aliphatic carbocycles. The Labute approximate surface area is 126 Å². The Morgan fingerprint density at radius 2 is 1.95 bits per heavy atom. The van der Waals surface area contributed by atoms with E-state index in [1.807, 2.05) is 0 Å². The molecule has 0 spiro atoms. The fourth-order valence-electron chi connectivity index (χ4n) is 2.58. The van der Waals surface area contributed by atoms with E-state index in [4.69, 9.17) is 4.74 Å². The Balaban J connectivity index is 2.25. The first-order valence-electron chi connectivity index (χ1n) is 8.00. The zero-order chi connectivity index (χ0) is 15.5. The molecule has 0 radical (unpaired) electrons. The van der Waals surface area contributed by atoms with Gasteiger partial charge >= 0.3 is 12.0 Å². The summed E-state index contributed by atoms with van der Waals surface area (Å²) < 4.78 is 5.36. The molecule has 2 amide bonds. The van der Waals surface area contributed by atoms with Gasteiger partial charge in [-0.05, 0) is 19.3 Å². The molecule has 0 aromatic rings.